The van der Waals surface area contributed by atoms with Gasteiger partial charge in [0.25, 0.3) is 0 Å². The third-order valence-electron chi connectivity index (χ3n) is 4.63. The quantitative estimate of drug-likeness (QED) is 0.818. The van der Waals surface area contributed by atoms with E-state index in [-0.39, 0.29) is 0 Å². The van der Waals surface area contributed by atoms with E-state index in [1.54, 1.807) is 6.20 Å². The van der Waals surface area contributed by atoms with E-state index in [2.05, 4.69) is 53.3 Å². The lowest BCUT2D eigenvalue weighted by atomic mass is 10.1. The van der Waals surface area contributed by atoms with Gasteiger partial charge >= 0.3 is 0 Å². The first-order valence-corrected chi connectivity index (χ1v) is 9.33. The molecular formula is C20H26ClN3O. The van der Waals surface area contributed by atoms with Crippen LogP contribution in [0.1, 0.15) is 32.3 Å². The van der Waals surface area contributed by atoms with Crippen molar-refractivity contribution in [2.45, 2.75) is 45.4 Å². The first-order valence-electron chi connectivity index (χ1n) is 8.95. The van der Waals surface area contributed by atoms with Gasteiger partial charge in [0, 0.05) is 31.9 Å². The first-order chi connectivity index (χ1) is 12.1. The maximum atomic E-state index is 6.14. The summed E-state index contributed by atoms with van der Waals surface area (Å²) in [5, 5.41) is 3.93. The van der Waals surface area contributed by atoms with Crippen molar-refractivity contribution in [1.82, 2.24) is 9.88 Å². The zero-order valence-corrected chi connectivity index (χ0v) is 15.7. The number of nitrogens with zero attached hydrogens (tertiary/aromatic N) is 2. The summed E-state index contributed by atoms with van der Waals surface area (Å²) in [4.78, 5) is 6.75. The highest BCUT2D eigenvalue weighted by molar-refractivity contribution is 6.30. The fourth-order valence-electron chi connectivity index (χ4n) is 3.06. The summed E-state index contributed by atoms with van der Waals surface area (Å²) in [5.74, 6) is 1.78. The molecular weight excluding hydrogens is 334 g/mol. The Balaban J connectivity index is 1.46. The second-order valence-corrected chi connectivity index (χ2v) is 7.24. The minimum Gasteiger partial charge on any atom is -0.490 e. The number of hydrogen-bond acceptors (Lipinski definition) is 4. The van der Waals surface area contributed by atoms with Crippen LogP contribution in [0.4, 0.5) is 5.82 Å². The van der Waals surface area contributed by atoms with Crippen molar-refractivity contribution >= 4 is 17.4 Å². The predicted octanol–water partition coefficient (Wildman–Crippen LogP) is 4.60. The van der Waals surface area contributed by atoms with Crippen LogP contribution in [-0.2, 0) is 6.54 Å². The number of ether oxygens (including phenoxy) is 1. The molecule has 5 heteroatoms. The number of benzene rings is 1. The van der Waals surface area contributed by atoms with E-state index in [0.29, 0.717) is 17.2 Å². The normalized spacial score (nSPS) is 16.2. The highest BCUT2D eigenvalue weighted by Gasteiger charge is 2.21. The van der Waals surface area contributed by atoms with Crippen LogP contribution in [0.2, 0.25) is 5.02 Å². The van der Waals surface area contributed by atoms with Crippen LogP contribution in [0.25, 0.3) is 0 Å². The van der Waals surface area contributed by atoms with Gasteiger partial charge in [0.2, 0.25) is 0 Å². The highest BCUT2D eigenvalue weighted by Crippen LogP contribution is 2.21. The summed E-state index contributed by atoms with van der Waals surface area (Å²) in [6.45, 7) is 7.49. The van der Waals surface area contributed by atoms with Crippen LogP contribution >= 0.6 is 11.6 Å². The summed E-state index contributed by atoms with van der Waals surface area (Å²) < 4.78 is 6.14. The van der Waals surface area contributed by atoms with Gasteiger partial charge in [-0.05, 0) is 56.5 Å². The minimum atomic E-state index is 0.331. The molecule has 0 amide bonds. The monoisotopic (exact) mass is 359 g/mol. The molecule has 25 heavy (non-hydrogen) atoms. The zero-order chi connectivity index (χ0) is 17.6. The summed E-state index contributed by atoms with van der Waals surface area (Å²) >= 11 is 5.84. The Hall–Kier alpha value is -1.78. The Morgan fingerprint density at radius 1 is 1.16 bits per heavy atom. The molecule has 1 aromatic heterocycles. The predicted molar refractivity (Wildman–Crippen MR) is 103 cm³/mol. The van der Waals surface area contributed by atoms with E-state index in [0.717, 1.165) is 44.0 Å². The van der Waals surface area contributed by atoms with Crippen LogP contribution in [0.5, 0.6) is 5.75 Å². The van der Waals surface area contributed by atoms with E-state index >= 15 is 0 Å². The van der Waals surface area contributed by atoms with Gasteiger partial charge in [-0.1, -0.05) is 23.7 Å². The number of pyridine rings is 1. The number of hydrogen-bond donors (Lipinski definition) is 1. The maximum absolute atomic E-state index is 6.14. The van der Waals surface area contributed by atoms with Gasteiger partial charge in [-0.25, -0.2) is 4.98 Å². The van der Waals surface area contributed by atoms with Gasteiger partial charge in [-0.3, -0.25) is 0 Å². The smallest absolute Gasteiger partial charge is 0.126 e. The topological polar surface area (TPSA) is 37.4 Å². The maximum Gasteiger partial charge on any atom is 0.126 e. The SMILES string of the molecule is CC(C)N1CCC(Oc2ccc(CNc3ccc(Cl)cn3)cc2)CC1. The van der Waals surface area contributed by atoms with Crippen LogP contribution in [0.15, 0.2) is 42.6 Å². The van der Waals surface area contributed by atoms with E-state index in [4.69, 9.17) is 16.3 Å². The average Bonchev–Trinajstić information content (AvgIpc) is 2.63. The summed E-state index contributed by atoms with van der Waals surface area (Å²) in [5.41, 5.74) is 1.19. The summed E-state index contributed by atoms with van der Waals surface area (Å²) in [7, 11) is 0. The Morgan fingerprint density at radius 3 is 2.48 bits per heavy atom. The van der Waals surface area contributed by atoms with Crippen molar-refractivity contribution in [3.63, 3.8) is 0 Å². The van der Waals surface area contributed by atoms with Gasteiger partial charge in [0.05, 0.1) is 5.02 Å². The second kappa shape index (κ2) is 8.54. The van der Waals surface area contributed by atoms with Crippen molar-refractivity contribution in [3.05, 3.63) is 53.2 Å². The molecule has 1 saturated heterocycles. The average molecular weight is 360 g/mol. The minimum absolute atomic E-state index is 0.331. The zero-order valence-electron chi connectivity index (χ0n) is 14.9. The van der Waals surface area contributed by atoms with Crippen LogP contribution < -0.4 is 10.1 Å². The number of rotatable bonds is 6. The molecule has 1 aliphatic rings. The fourth-order valence-corrected chi connectivity index (χ4v) is 3.17. The Labute approximate surface area is 155 Å². The largest absolute Gasteiger partial charge is 0.490 e. The molecule has 1 aromatic carbocycles. The molecule has 0 saturated carbocycles. The molecule has 0 bridgehead atoms. The fraction of sp³-hybridized carbons (Fsp3) is 0.450. The highest BCUT2D eigenvalue weighted by atomic mass is 35.5. The van der Waals surface area contributed by atoms with Gasteiger partial charge in [0.15, 0.2) is 0 Å². The van der Waals surface area contributed by atoms with Gasteiger partial charge in [0.1, 0.15) is 17.7 Å². The third kappa shape index (κ3) is 5.35. The van der Waals surface area contributed by atoms with E-state index in [1.165, 1.54) is 5.56 Å². The number of nitrogens with one attached hydrogen (secondary N) is 1. The lowest BCUT2D eigenvalue weighted by Crippen LogP contribution is -2.41. The Kier molecular flexibility index (Phi) is 6.16. The Bertz CT molecular complexity index is 650. The molecule has 1 N–H and O–H groups in total. The van der Waals surface area contributed by atoms with Crippen molar-refractivity contribution in [1.29, 1.82) is 0 Å². The second-order valence-electron chi connectivity index (χ2n) is 6.81. The standard InChI is InChI=1S/C20H26ClN3O/c1-15(2)24-11-9-19(10-12-24)25-18-6-3-16(4-7-18)13-22-20-8-5-17(21)14-23-20/h3-8,14-15,19H,9-13H2,1-2H3,(H,22,23). The lowest BCUT2D eigenvalue weighted by molar-refractivity contribution is 0.0843. The first kappa shape index (κ1) is 18.0. The van der Waals surface area contributed by atoms with Crippen molar-refractivity contribution in [2.75, 3.05) is 18.4 Å². The number of anilines is 1. The molecule has 4 nitrogen and oxygen atoms in total. The number of halogens is 1. The molecule has 0 unspecified atom stereocenters. The number of aromatic nitrogens is 1. The number of likely N-dealkylation sites (tertiary alicyclic amines) is 1. The molecule has 0 spiro atoms. The van der Waals surface area contributed by atoms with Crippen molar-refractivity contribution in [3.8, 4) is 5.75 Å². The molecule has 0 atom stereocenters. The molecule has 2 heterocycles. The summed E-state index contributed by atoms with van der Waals surface area (Å²) in [6, 6.07) is 12.6. The summed E-state index contributed by atoms with van der Waals surface area (Å²) in [6.07, 6.45) is 4.18. The lowest BCUT2D eigenvalue weighted by Gasteiger charge is -2.34. The molecule has 3 rings (SSSR count). The molecule has 0 aliphatic carbocycles. The molecule has 0 radical (unpaired) electrons. The molecule has 1 fully saturated rings. The number of piperidine rings is 1. The van der Waals surface area contributed by atoms with E-state index in [9.17, 15) is 0 Å². The van der Waals surface area contributed by atoms with Crippen molar-refractivity contribution < 1.29 is 4.74 Å². The van der Waals surface area contributed by atoms with Crippen LogP contribution in [0, 0.1) is 0 Å². The molecule has 2 aromatic rings. The van der Waals surface area contributed by atoms with Crippen LogP contribution in [0.3, 0.4) is 0 Å². The molecule has 134 valence electrons. The third-order valence-corrected chi connectivity index (χ3v) is 4.86. The van der Waals surface area contributed by atoms with E-state index < -0.39 is 0 Å². The Morgan fingerprint density at radius 2 is 1.88 bits per heavy atom. The van der Waals surface area contributed by atoms with Gasteiger partial charge in [-0.15, -0.1) is 0 Å². The van der Waals surface area contributed by atoms with E-state index in [1.807, 2.05) is 12.1 Å². The molecule has 1 aliphatic heterocycles. The van der Waals surface area contributed by atoms with Crippen LogP contribution in [-0.4, -0.2) is 35.1 Å². The van der Waals surface area contributed by atoms with Crippen molar-refractivity contribution in [2.24, 2.45) is 0 Å². The van der Waals surface area contributed by atoms with Gasteiger partial charge in [-0.2, -0.15) is 0 Å². The van der Waals surface area contributed by atoms with Gasteiger partial charge < -0.3 is 15.0 Å².